The molecule has 0 radical (unpaired) electrons. The van der Waals surface area contributed by atoms with Gasteiger partial charge in [-0.3, -0.25) is 9.52 Å². The van der Waals surface area contributed by atoms with Crippen molar-refractivity contribution < 1.29 is 22.7 Å². The predicted octanol–water partition coefficient (Wildman–Crippen LogP) is 0.924. The Morgan fingerprint density at radius 2 is 1.96 bits per heavy atom. The van der Waals surface area contributed by atoms with E-state index >= 15 is 0 Å². The Morgan fingerprint density at radius 1 is 1.39 bits per heavy atom. The van der Waals surface area contributed by atoms with Gasteiger partial charge in [0.15, 0.2) is 0 Å². The van der Waals surface area contributed by atoms with Crippen molar-refractivity contribution in [1.29, 1.82) is 0 Å². The predicted molar refractivity (Wildman–Crippen MR) is 85.8 cm³/mol. The number of rotatable bonds is 6. The minimum atomic E-state index is -3.75. The maximum Gasteiger partial charge on any atom is 0.408 e. The number of carbonyl (C=O) groups is 2. The summed E-state index contributed by atoms with van der Waals surface area (Å²) in [6.45, 7) is 8.47. The van der Waals surface area contributed by atoms with Crippen molar-refractivity contribution in [1.82, 2.24) is 10.0 Å². The Bertz CT molecular complexity index is 623. The molecule has 1 aliphatic rings. The van der Waals surface area contributed by atoms with E-state index in [9.17, 15) is 18.0 Å². The first-order chi connectivity index (χ1) is 10.5. The molecule has 23 heavy (non-hydrogen) atoms. The van der Waals surface area contributed by atoms with E-state index in [4.69, 9.17) is 11.2 Å². The van der Waals surface area contributed by atoms with Crippen molar-refractivity contribution in [3.63, 3.8) is 0 Å². The van der Waals surface area contributed by atoms with E-state index in [0.29, 0.717) is 12.8 Å². The highest BCUT2D eigenvalue weighted by atomic mass is 32.2. The molecule has 1 rings (SSSR count). The van der Waals surface area contributed by atoms with E-state index in [1.807, 2.05) is 4.72 Å². The molecule has 2 atom stereocenters. The summed E-state index contributed by atoms with van der Waals surface area (Å²) in [6, 6.07) is -1.29. The number of nitrogens with one attached hydrogen (secondary N) is 2. The smallest absolute Gasteiger partial charge is 0.408 e. The third-order valence-corrected chi connectivity index (χ3v) is 4.80. The SMILES string of the molecule is C#CC(C=C)[C@@H](NC(=O)OC(C)(C)C)C(=O)NS(=O)(=O)C1CC1. The largest absolute Gasteiger partial charge is 0.444 e. The minimum absolute atomic E-state index is 0.507. The van der Waals surface area contributed by atoms with Crippen LogP contribution in [-0.2, 0) is 19.6 Å². The van der Waals surface area contributed by atoms with E-state index in [-0.39, 0.29) is 0 Å². The molecule has 1 fully saturated rings. The average molecular weight is 342 g/mol. The van der Waals surface area contributed by atoms with Gasteiger partial charge in [-0.05, 0) is 33.6 Å². The molecule has 128 valence electrons. The summed E-state index contributed by atoms with van der Waals surface area (Å²) >= 11 is 0. The van der Waals surface area contributed by atoms with Crippen molar-refractivity contribution in [2.75, 3.05) is 0 Å². The zero-order valence-electron chi connectivity index (χ0n) is 13.5. The summed E-state index contributed by atoms with van der Waals surface area (Å²) in [5, 5.41) is 1.74. The summed E-state index contributed by atoms with van der Waals surface area (Å²) in [5.41, 5.74) is -0.773. The van der Waals surface area contributed by atoms with E-state index < -0.39 is 44.8 Å². The molecule has 0 spiro atoms. The average Bonchev–Trinajstić information content (AvgIpc) is 3.20. The number of amides is 2. The third-order valence-electron chi connectivity index (χ3n) is 2.97. The quantitative estimate of drug-likeness (QED) is 0.552. The Kier molecular flexibility index (Phi) is 5.83. The molecule has 2 N–H and O–H groups in total. The Hall–Kier alpha value is -2.01. The van der Waals surface area contributed by atoms with Crippen molar-refractivity contribution in [2.45, 2.75) is 50.5 Å². The summed E-state index contributed by atoms with van der Waals surface area (Å²) in [7, 11) is -3.75. The number of terminal acetylenes is 1. The fraction of sp³-hybridized carbons (Fsp3) is 0.600. The van der Waals surface area contributed by atoms with Gasteiger partial charge < -0.3 is 10.1 Å². The third kappa shape index (κ3) is 5.94. The summed E-state index contributed by atoms with van der Waals surface area (Å²) < 4.78 is 30.8. The van der Waals surface area contributed by atoms with Gasteiger partial charge in [-0.2, -0.15) is 0 Å². The summed E-state index contributed by atoms with van der Waals surface area (Å²) in [6.07, 6.45) is 6.74. The topological polar surface area (TPSA) is 102 Å². The fourth-order valence-electron chi connectivity index (χ4n) is 1.72. The van der Waals surface area contributed by atoms with Crippen LogP contribution in [0.2, 0.25) is 0 Å². The molecule has 0 aromatic rings. The summed E-state index contributed by atoms with van der Waals surface area (Å²) in [5.74, 6) is 0.498. The van der Waals surface area contributed by atoms with Crippen LogP contribution in [0, 0.1) is 18.3 Å². The lowest BCUT2D eigenvalue weighted by Crippen LogP contribution is -2.53. The maximum absolute atomic E-state index is 12.2. The molecule has 0 saturated heterocycles. The van der Waals surface area contributed by atoms with E-state index in [2.05, 4.69) is 17.8 Å². The van der Waals surface area contributed by atoms with E-state index in [0.717, 1.165) is 0 Å². The first-order valence-electron chi connectivity index (χ1n) is 7.14. The van der Waals surface area contributed by atoms with Gasteiger partial charge >= 0.3 is 6.09 Å². The molecule has 1 aliphatic carbocycles. The van der Waals surface area contributed by atoms with Crippen LogP contribution in [0.3, 0.4) is 0 Å². The highest BCUT2D eigenvalue weighted by molar-refractivity contribution is 7.90. The molecule has 2 amide bonds. The van der Waals surface area contributed by atoms with Gasteiger partial charge in [0.25, 0.3) is 5.91 Å². The second-order valence-corrected chi connectivity index (χ2v) is 8.22. The van der Waals surface area contributed by atoms with Crippen LogP contribution < -0.4 is 10.0 Å². The van der Waals surface area contributed by atoms with Crippen molar-refractivity contribution in [3.05, 3.63) is 12.7 Å². The van der Waals surface area contributed by atoms with Crippen LogP contribution >= 0.6 is 0 Å². The highest BCUT2D eigenvalue weighted by Gasteiger charge is 2.39. The van der Waals surface area contributed by atoms with Gasteiger partial charge in [-0.15, -0.1) is 13.0 Å². The number of hydrogen-bond donors (Lipinski definition) is 2. The van der Waals surface area contributed by atoms with Crippen molar-refractivity contribution in [3.8, 4) is 12.3 Å². The second kappa shape index (κ2) is 7.04. The van der Waals surface area contributed by atoms with Gasteiger partial charge in [-0.25, -0.2) is 13.2 Å². The van der Waals surface area contributed by atoms with E-state index in [1.54, 1.807) is 20.8 Å². The van der Waals surface area contributed by atoms with Gasteiger partial charge in [0.05, 0.1) is 11.2 Å². The molecule has 0 aromatic heterocycles. The first kappa shape index (κ1) is 19.0. The number of sulfonamides is 1. The zero-order valence-corrected chi connectivity index (χ0v) is 14.3. The van der Waals surface area contributed by atoms with Gasteiger partial charge in [0.1, 0.15) is 11.6 Å². The van der Waals surface area contributed by atoms with Crippen LogP contribution in [0.25, 0.3) is 0 Å². The molecule has 7 nitrogen and oxygen atoms in total. The number of ether oxygens (including phenoxy) is 1. The fourth-order valence-corrected chi connectivity index (χ4v) is 3.05. The van der Waals surface area contributed by atoms with E-state index in [1.165, 1.54) is 6.08 Å². The molecule has 0 aromatic carbocycles. The van der Waals surface area contributed by atoms with Gasteiger partial charge in [0, 0.05) is 0 Å². The number of hydrogen-bond acceptors (Lipinski definition) is 5. The molecule has 0 heterocycles. The Balaban J connectivity index is 2.87. The van der Waals surface area contributed by atoms with Crippen LogP contribution in [-0.4, -0.2) is 37.3 Å². The zero-order chi connectivity index (χ0) is 17.8. The highest BCUT2D eigenvalue weighted by Crippen LogP contribution is 2.27. The first-order valence-corrected chi connectivity index (χ1v) is 8.68. The lowest BCUT2D eigenvalue weighted by Gasteiger charge is -2.25. The second-order valence-electron chi connectivity index (χ2n) is 6.26. The molecular formula is C15H22N2O5S. The van der Waals surface area contributed by atoms with Crippen molar-refractivity contribution in [2.24, 2.45) is 5.92 Å². The Morgan fingerprint density at radius 3 is 2.35 bits per heavy atom. The van der Waals surface area contributed by atoms with Gasteiger partial charge in [-0.1, -0.05) is 12.0 Å². The Labute approximate surface area is 136 Å². The molecular weight excluding hydrogens is 320 g/mol. The van der Waals surface area contributed by atoms with Gasteiger partial charge in [0.2, 0.25) is 10.0 Å². The minimum Gasteiger partial charge on any atom is -0.444 e. The monoisotopic (exact) mass is 342 g/mol. The lowest BCUT2D eigenvalue weighted by molar-refractivity contribution is -0.121. The van der Waals surface area contributed by atoms with Crippen LogP contribution in [0.15, 0.2) is 12.7 Å². The molecule has 8 heteroatoms. The number of alkyl carbamates (subject to hydrolysis) is 1. The summed E-state index contributed by atoms with van der Waals surface area (Å²) in [4.78, 5) is 24.1. The standard InChI is InChI=1S/C15H22N2O5S/c1-6-10(7-2)12(16-14(19)22-15(3,4)5)13(18)17-23(20,21)11-8-9-11/h1,7,10-12H,2,8-9H2,3-5H3,(H,16,19)(H,17,18)/t10?,12-/m1/s1. The number of carbonyl (C=O) groups excluding carboxylic acids is 2. The molecule has 1 saturated carbocycles. The molecule has 0 bridgehead atoms. The van der Waals surface area contributed by atoms with Crippen LogP contribution in [0.5, 0.6) is 0 Å². The van der Waals surface area contributed by atoms with Crippen molar-refractivity contribution >= 4 is 22.0 Å². The maximum atomic E-state index is 12.2. The molecule has 0 aliphatic heterocycles. The van der Waals surface area contributed by atoms with Crippen LogP contribution in [0.4, 0.5) is 4.79 Å². The van der Waals surface area contributed by atoms with Crippen LogP contribution in [0.1, 0.15) is 33.6 Å². The lowest BCUT2D eigenvalue weighted by atomic mass is 10.0. The molecule has 1 unspecified atom stereocenters. The normalized spacial score (nSPS) is 17.3.